The first kappa shape index (κ1) is 27.3. The summed E-state index contributed by atoms with van der Waals surface area (Å²) in [6.07, 6.45) is 0. The van der Waals surface area contributed by atoms with Gasteiger partial charge in [-0.15, -0.1) is 0 Å². The fraction of sp³-hybridized carbons (Fsp3) is 0. The van der Waals surface area contributed by atoms with E-state index in [4.69, 9.17) is 0 Å². The van der Waals surface area contributed by atoms with Crippen molar-refractivity contribution in [1.82, 2.24) is 0 Å². The number of rotatable bonds is 6. The second-order valence-electron chi connectivity index (χ2n) is 7.06. The van der Waals surface area contributed by atoms with E-state index in [0.29, 0.717) is 11.1 Å². The van der Waals surface area contributed by atoms with Crippen LogP contribution in [0.3, 0.4) is 0 Å². The molecule has 7 heteroatoms. The molecule has 0 saturated heterocycles. The van der Waals surface area contributed by atoms with Gasteiger partial charge < -0.3 is 19.8 Å². The van der Waals surface area contributed by atoms with Crippen LogP contribution in [0, 0.1) is 0 Å². The third-order valence-electron chi connectivity index (χ3n) is 4.86. The summed E-state index contributed by atoms with van der Waals surface area (Å²) < 4.78 is 0. The molecule has 0 amide bonds. The minimum absolute atomic E-state index is 0. The Kier molecular flexibility index (Phi) is 10.2. The molecular formula is C28H18O6Pb. The summed E-state index contributed by atoms with van der Waals surface area (Å²) >= 11 is 0. The predicted molar refractivity (Wildman–Crippen MR) is 127 cm³/mol. The zero-order valence-electron chi connectivity index (χ0n) is 18.3. The molecule has 0 aliphatic rings. The third-order valence-corrected chi connectivity index (χ3v) is 4.86. The van der Waals surface area contributed by atoms with Crippen LogP contribution in [0.2, 0.25) is 0 Å². The quantitative estimate of drug-likeness (QED) is 0.232. The number of carbonyl (C=O) groups is 4. The van der Waals surface area contributed by atoms with E-state index in [1.165, 1.54) is 24.3 Å². The number of aromatic carboxylic acids is 2. The van der Waals surface area contributed by atoms with E-state index in [1.807, 2.05) is 0 Å². The molecule has 0 fully saturated rings. The van der Waals surface area contributed by atoms with Crippen molar-refractivity contribution in [3.05, 3.63) is 143 Å². The molecular weight excluding hydrogens is 640 g/mol. The Morgan fingerprint density at radius 3 is 0.943 bits per heavy atom. The molecule has 6 nitrogen and oxygen atoms in total. The summed E-state index contributed by atoms with van der Waals surface area (Å²) in [5.41, 5.74) is 1.06. The molecule has 2 radical (unpaired) electrons. The van der Waals surface area contributed by atoms with Crippen LogP contribution in [0.15, 0.2) is 109 Å². The summed E-state index contributed by atoms with van der Waals surface area (Å²) in [5, 5.41) is 21.8. The van der Waals surface area contributed by atoms with Crippen molar-refractivity contribution in [3.63, 3.8) is 0 Å². The van der Waals surface area contributed by atoms with Crippen molar-refractivity contribution in [1.29, 1.82) is 0 Å². The van der Waals surface area contributed by atoms with Crippen molar-refractivity contribution in [2.45, 2.75) is 0 Å². The van der Waals surface area contributed by atoms with Gasteiger partial charge in [0.25, 0.3) is 0 Å². The van der Waals surface area contributed by atoms with E-state index in [0.717, 1.165) is 0 Å². The van der Waals surface area contributed by atoms with Gasteiger partial charge in [0.15, 0.2) is 11.6 Å². The van der Waals surface area contributed by atoms with E-state index in [9.17, 15) is 29.4 Å². The standard InChI is InChI=1S/2C14H10O3.Pb/c2*15-13(10-6-2-1-3-7-10)11-8-4-5-9-12(11)14(16)17;/h2*1-9H,(H,16,17);/q;;+2/p-2. The molecule has 0 N–H and O–H groups in total. The number of ketones is 2. The van der Waals surface area contributed by atoms with Crippen LogP contribution in [0.5, 0.6) is 0 Å². The van der Waals surface area contributed by atoms with Crippen molar-refractivity contribution in [2.24, 2.45) is 0 Å². The van der Waals surface area contributed by atoms with Crippen LogP contribution in [0.4, 0.5) is 0 Å². The Morgan fingerprint density at radius 1 is 0.400 bits per heavy atom. The normalized spacial score (nSPS) is 9.60. The van der Waals surface area contributed by atoms with Gasteiger partial charge in [0.1, 0.15) is 0 Å². The Labute approximate surface area is 222 Å². The Balaban J connectivity index is 0.000000240. The number of carboxylic acids is 2. The van der Waals surface area contributed by atoms with Gasteiger partial charge in [0.05, 0.1) is 11.9 Å². The molecule has 0 aliphatic carbocycles. The molecule has 170 valence electrons. The van der Waals surface area contributed by atoms with Crippen LogP contribution in [0.25, 0.3) is 0 Å². The van der Waals surface area contributed by atoms with Gasteiger partial charge in [-0.25, -0.2) is 0 Å². The van der Waals surface area contributed by atoms with Crippen LogP contribution < -0.4 is 10.2 Å². The van der Waals surface area contributed by atoms with Crippen LogP contribution in [-0.2, 0) is 0 Å². The third kappa shape index (κ3) is 7.03. The Bertz CT molecular complexity index is 1230. The van der Waals surface area contributed by atoms with Gasteiger partial charge in [-0.3, -0.25) is 9.59 Å². The molecule has 0 aliphatic heterocycles. The van der Waals surface area contributed by atoms with Crippen LogP contribution >= 0.6 is 0 Å². The first-order valence-electron chi connectivity index (χ1n) is 10.2. The van der Waals surface area contributed by atoms with Gasteiger partial charge in [0, 0.05) is 33.4 Å². The van der Waals surface area contributed by atoms with Crippen molar-refractivity contribution < 1.29 is 29.4 Å². The van der Waals surface area contributed by atoms with E-state index in [1.54, 1.807) is 84.9 Å². The average Bonchev–Trinajstić information content (AvgIpc) is 2.89. The van der Waals surface area contributed by atoms with Crippen molar-refractivity contribution in [2.75, 3.05) is 0 Å². The van der Waals surface area contributed by atoms with Gasteiger partial charge >= 0.3 is 27.3 Å². The molecule has 0 heterocycles. The minimum atomic E-state index is -1.34. The van der Waals surface area contributed by atoms with Crippen molar-refractivity contribution in [3.8, 4) is 0 Å². The average molecular weight is 658 g/mol. The van der Waals surface area contributed by atoms with E-state index >= 15 is 0 Å². The zero-order valence-corrected chi connectivity index (χ0v) is 22.2. The fourth-order valence-corrected chi connectivity index (χ4v) is 3.21. The van der Waals surface area contributed by atoms with E-state index < -0.39 is 11.9 Å². The second kappa shape index (κ2) is 13.1. The monoisotopic (exact) mass is 658 g/mol. The summed E-state index contributed by atoms with van der Waals surface area (Å²) in [7, 11) is 0. The van der Waals surface area contributed by atoms with Gasteiger partial charge in [-0.05, 0) is 0 Å². The first-order chi connectivity index (χ1) is 16.4. The van der Waals surface area contributed by atoms with Crippen molar-refractivity contribution >= 4 is 50.8 Å². The number of benzene rings is 4. The minimum Gasteiger partial charge on any atom is -0.545 e. The predicted octanol–water partition coefficient (Wildman–Crippen LogP) is 2.18. The topological polar surface area (TPSA) is 114 Å². The molecule has 0 unspecified atom stereocenters. The van der Waals surface area contributed by atoms with E-state index in [2.05, 4.69) is 0 Å². The summed E-state index contributed by atoms with van der Waals surface area (Å²) in [4.78, 5) is 45.9. The first-order valence-corrected chi connectivity index (χ1v) is 10.2. The molecule has 4 rings (SSSR count). The van der Waals surface area contributed by atoms with E-state index in [-0.39, 0.29) is 61.1 Å². The SMILES string of the molecule is O=C([O-])c1ccccc1C(=O)c1ccccc1.O=C([O-])c1ccccc1C(=O)c1ccccc1.[Pb+2]. The molecule has 35 heavy (non-hydrogen) atoms. The molecule has 0 aromatic heterocycles. The molecule has 0 atom stereocenters. The molecule has 0 bridgehead atoms. The molecule has 0 spiro atoms. The Morgan fingerprint density at radius 2 is 0.657 bits per heavy atom. The molecule has 4 aromatic rings. The Hall–Kier alpha value is -3.92. The van der Waals surface area contributed by atoms with Gasteiger partial charge in [-0.1, -0.05) is 109 Å². The maximum atomic E-state index is 12.1. The number of hydrogen-bond donors (Lipinski definition) is 0. The number of carbonyl (C=O) groups excluding carboxylic acids is 4. The van der Waals surface area contributed by atoms with Crippen LogP contribution in [-0.4, -0.2) is 50.8 Å². The number of hydrogen-bond acceptors (Lipinski definition) is 6. The van der Waals surface area contributed by atoms with Crippen LogP contribution in [0.1, 0.15) is 52.6 Å². The zero-order chi connectivity index (χ0) is 24.5. The fourth-order valence-electron chi connectivity index (χ4n) is 3.21. The summed E-state index contributed by atoms with van der Waals surface area (Å²) in [5.74, 6) is -3.31. The summed E-state index contributed by atoms with van der Waals surface area (Å²) in [6, 6.07) is 29.2. The van der Waals surface area contributed by atoms with Gasteiger partial charge in [-0.2, -0.15) is 0 Å². The largest absolute Gasteiger partial charge is 2.00 e. The summed E-state index contributed by atoms with van der Waals surface area (Å²) in [6.45, 7) is 0. The smallest absolute Gasteiger partial charge is 0.545 e. The second-order valence-corrected chi connectivity index (χ2v) is 7.06. The maximum absolute atomic E-state index is 12.1. The maximum Gasteiger partial charge on any atom is 2.00 e. The molecule has 0 saturated carbocycles. The molecule has 4 aromatic carbocycles. The number of carboxylic acid groups (broad SMARTS) is 2. The van der Waals surface area contributed by atoms with Gasteiger partial charge in [0.2, 0.25) is 0 Å².